The summed E-state index contributed by atoms with van der Waals surface area (Å²) < 4.78 is 0. The number of aliphatic imine (C=N–C) groups is 1. The topological polar surface area (TPSA) is 105 Å². The maximum absolute atomic E-state index is 12.4. The van der Waals surface area contributed by atoms with Crippen LogP contribution in [0.15, 0.2) is 65.7 Å². The SMILES string of the molecule is Cc1cc([N+](=O)[O-])cc(C=Nc2cccc(NC(=O)c3ccccc3Cl)c2)c1O. The van der Waals surface area contributed by atoms with Crippen LogP contribution in [0.5, 0.6) is 5.75 Å². The Labute approximate surface area is 171 Å². The minimum Gasteiger partial charge on any atom is -0.507 e. The number of nitrogens with zero attached hydrogens (tertiary/aromatic N) is 2. The number of aromatic hydroxyl groups is 1. The number of anilines is 1. The molecule has 0 aliphatic carbocycles. The van der Waals surface area contributed by atoms with E-state index in [2.05, 4.69) is 10.3 Å². The quantitative estimate of drug-likeness (QED) is 0.340. The van der Waals surface area contributed by atoms with Gasteiger partial charge in [0.1, 0.15) is 5.75 Å². The zero-order valence-electron chi connectivity index (χ0n) is 15.3. The highest BCUT2D eigenvalue weighted by Crippen LogP contribution is 2.27. The van der Waals surface area contributed by atoms with Crippen LogP contribution in [-0.4, -0.2) is 22.2 Å². The number of nitrogens with one attached hydrogen (secondary N) is 1. The Morgan fingerprint density at radius 3 is 2.66 bits per heavy atom. The molecule has 0 fully saturated rings. The van der Waals surface area contributed by atoms with E-state index in [0.29, 0.717) is 27.5 Å². The second-order valence-corrected chi connectivity index (χ2v) is 6.61. The first kappa shape index (κ1) is 20.0. The van der Waals surface area contributed by atoms with Crippen molar-refractivity contribution in [2.75, 3.05) is 5.32 Å². The molecule has 29 heavy (non-hydrogen) atoms. The Bertz CT molecular complexity index is 1130. The molecule has 0 radical (unpaired) electrons. The van der Waals surface area contributed by atoms with Crippen LogP contribution in [0.3, 0.4) is 0 Å². The fourth-order valence-electron chi connectivity index (χ4n) is 2.64. The summed E-state index contributed by atoms with van der Waals surface area (Å²) in [6, 6.07) is 16.0. The molecule has 0 heterocycles. The van der Waals surface area contributed by atoms with Crippen LogP contribution in [0.2, 0.25) is 5.02 Å². The molecule has 0 saturated carbocycles. The highest BCUT2D eigenvalue weighted by molar-refractivity contribution is 6.34. The summed E-state index contributed by atoms with van der Waals surface area (Å²) in [5.41, 5.74) is 1.81. The van der Waals surface area contributed by atoms with Crippen molar-refractivity contribution in [3.8, 4) is 5.75 Å². The fraction of sp³-hybridized carbons (Fsp3) is 0.0476. The van der Waals surface area contributed by atoms with E-state index < -0.39 is 4.92 Å². The van der Waals surface area contributed by atoms with Gasteiger partial charge in [-0.25, -0.2) is 0 Å². The number of nitro benzene ring substituents is 1. The number of phenolic OH excluding ortho intramolecular Hbond substituents is 1. The third-order valence-corrected chi connectivity index (χ3v) is 4.43. The number of halogens is 1. The van der Waals surface area contributed by atoms with Gasteiger partial charge in [0.05, 0.1) is 21.2 Å². The Morgan fingerprint density at radius 1 is 1.17 bits per heavy atom. The maximum atomic E-state index is 12.4. The summed E-state index contributed by atoms with van der Waals surface area (Å²) in [6.07, 6.45) is 1.34. The molecule has 0 unspecified atom stereocenters. The molecule has 3 rings (SSSR count). The molecule has 0 spiro atoms. The Kier molecular flexibility index (Phi) is 5.90. The number of benzene rings is 3. The molecule has 1 amide bonds. The second kappa shape index (κ2) is 8.53. The van der Waals surface area contributed by atoms with E-state index in [1.54, 1.807) is 55.5 Å². The average Bonchev–Trinajstić information content (AvgIpc) is 2.69. The Morgan fingerprint density at radius 2 is 1.93 bits per heavy atom. The van der Waals surface area contributed by atoms with Crippen molar-refractivity contribution in [2.24, 2.45) is 4.99 Å². The standard InChI is InChI=1S/C21H16ClN3O4/c1-13-9-17(25(28)29)10-14(20(13)26)12-23-15-5-4-6-16(11-15)24-21(27)18-7-2-3-8-19(18)22/h2-12,26H,1H3,(H,24,27). The number of rotatable bonds is 5. The highest BCUT2D eigenvalue weighted by Gasteiger charge is 2.13. The molecule has 3 aromatic rings. The largest absolute Gasteiger partial charge is 0.507 e. The monoisotopic (exact) mass is 409 g/mol. The number of non-ortho nitro benzene ring substituents is 1. The van der Waals surface area contributed by atoms with Crippen LogP contribution in [0.4, 0.5) is 17.1 Å². The van der Waals surface area contributed by atoms with E-state index in [4.69, 9.17) is 11.6 Å². The first-order valence-corrected chi connectivity index (χ1v) is 8.91. The lowest BCUT2D eigenvalue weighted by molar-refractivity contribution is -0.384. The van der Waals surface area contributed by atoms with Crippen molar-refractivity contribution < 1.29 is 14.8 Å². The molecule has 0 atom stereocenters. The van der Waals surface area contributed by atoms with Gasteiger partial charge in [-0.3, -0.25) is 19.9 Å². The lowest BCUT2D eigenvalue weighted by Gasteiger charge is -2.07. The number of carbonyl (C=O) groups is 1. The normalized spacial score (nSPS) is 10.8. The van der Waals surface area contributed by atoms with Gasteiger partial charge in [-0.15, -0.1) is 0 Å². The summed E-state index contributed by atoms with van der Waals surface area (Å²) in [5, 5.41) is 24.2. The molecule has 8 heteroatoms. The van der Waals surface area contributed by atoms with Gasteiger partial charge in [0.2, 0.25) is 0 Å². The third-order valence-electron chi connectivity index (χ3n) is 4.10. The molecule has 0 aliphatic heterocycles. The summed E-state index contributed by atoms with van der Waals surface area (Å²) in [4.78, 5) is 27.1. The summed E-state index contributed by atoms with van der Waals surface area (Å²) in [5.74, 6) is -0.439. The molecule has 0 aliphatic rings. The average molecular weight is 410 g/mol. The van der Waals surface area contributed by atoms with Gasteiger partial charge in [-0.2, -0.15) is 0 Å². The van der Waals surface area contributed by atoms with Crippen molar-refractivity contribution >= 4 is 40.8 Å². The Balaban J connectivity index is 1.83. The number of amides is 1. The number of phenols is 1. The van der Waals surface area contributed by atoms with Crippen molar-refractivity contribution in [1.82, 2.24) is 0 Å². The van der Waals surface area contributed by atoms with Crippen LogP contribution in [0.1, 0.15) is 21.5 Å². The summed E-state index contributed by atoms with van der Waals surface area (Å²) >= 11 is 6.04. The molecule has 2 N–H and O–H groups in total. The minimum absolute atomic E-state index is 0.0810. The zero-order chi connectivity index (χ0) is 21.0. The molecule has 146 valence electrons. The van der Waals surface area contributed by atoms with Crippen molar-refractivity contribution in [2.45, 2.75) is 6.92 Å². The van der Waals surface area contributed by atoms with Gasteiger partial charge in [-0.05, 0) is 42.8 Å². The molecule has 3 aromatic carbocycles. The molecule has 0 saturated heterocycles. The molecular weight excluding hydrogens is 394 g/mol. The van der Waals surface area contributed by atoms with Gasteiger partial charge >= 0.3 is 0 Å². The molecular formula is C21H16ClN3O4. The van der Waals surface area contributed by atoms with Crippen LogP contribution in [0.25, 0.3) is 0 Å². The number of hydrogen-bond acceptors (Lipinski definition) is 5. The van der Waals surface area contributed by atoms with E-state index >= 15 is 0 Å². The van der Waals surface area contributed by atoms with Crippen LogP contribution >= 0.6 is 11.6 Å². The first-order chi connectivity index (χ1) is 13.8. The van der Waals surface area contributed by atoms with Crippen molar-refractivity contribution in [1.29, 1.82) is 0 Å². The minimum atomic E-state index is -0.533. The third kappa shape index (κ3) is 4.77. The van der Waals surface area contributed by atoms with E-state index in [1.165, 1.54) is 18.3 Å². The number of hydrogen-bond donors (Lipinski definition) is 2. The second-order valence-electron chi connectivity index (χ2n) is 6.20. The lowest BCUT2D eigenvalue weighted by atomic mass is 10.1. The predicted molar refractivity (Wildman–Crippen MR) is 113 cm³/mol. The number of carbonyl (C=O) groups excluding carboxylic acids is 1. The van der Waals surface area contributed by atoms with Gasteiger partial charge < -0.3 is 10.4 Å². The van der Waals surface area contributed by atoms with Crippen LogP contribution in [0, 0.1) is 17.0 Å². The number of nitro groups is 1. The van der Waals surface area contributed by atoms with E-state index in [-0.39, 0.29) is 22.9 Å². The van der Waals surface area contributed by atoms with Gasteiger partial charge in [-0.1, -0.05) is 29.8 Å². The summed E-state index contributed by atoms with van der Waals surface area (Å²) in [7, 11) is 0. The van der Waals surface area contributed by atoms with Gasteiger partial charge in [0.25, 0.3) is 11.6 Å². The maximum Gasteiger partial charge on any atom is 0.270 e. The smallest absolute Gasteiger partial charge is 0.270 e. The molecule has 0 bridgehead atoms. The van der Waals surface area contributed by atoms with Crippen LogP contribution in [-0.2, 0) is 0 Å². The summed E-state index contributed by atoms with van der Waals surface area (Å²) in [6.45, 7) is 1.57. The van der Waals surface area contributed by atoms with Gasteiger partial charge in [0.15, 0.2) is 0 Å². The van der Waals surface area contributed by atoms with E-state index in [9.17, 15) is 20.0 Å². The Hall–Kier alpha value is -3.71. The lowest BCUT2D eigenvalue weighted by Crippen LogP contribution is -2.12. The van der Waals surface area contributed by atoms with Crippen molar-refractivity contribution in [3.63, 3.8) is 0 Å². The first-order valence-electron chi connectivity index (χ1n) is 8.53. The fourth-order valence-corrected chi connectivity index (χ4v) is 2.86. The van der Waals surface area contributed by atoms with E-state index in [1.807, 2.05) is 0 Å². The highest BCUT2D eigenvalue weighted by atomic mass is 35.5. The van der Waals surface area contributed by atoms with Gasteiger partial charge in [0, 0.05) is 29.6 Å². The van der Waals surface area contributed by atoms with E-state index in [0.717, 1.165) is 0 Å². The molecule has 0 aromatic heterocycles. The number of aryl methyl sites for hydroxylation is 1. The van der Waals surface area contributed by atoms with Crippen LogP contribution < -0.4 is 5.32 Å². The predicted octanol–water partition coefficient (Wildman–Crippen LogP) is 5.27. The van der Waals surface area contributed by atoms with Crippen molar-refractivity contribution in [3.05, 3.63) is 92.5 Å². The zero-order valence-corrected chi connectivity index (χ0v) is 16.1. The molecule has 7 nitrogen and oxygen atoms in total.